The number of halogens is 1. The van der Waals surface area contributed by atoms with Gasteiger partial charge in [-0.3, -0.25) is 14.9 Å². The van der Waals surface area contributed by atoms with Crippen LogP contribution in [0.15, 0.2) is 84.9 Å². The summed E-state index contributed by atoms with van der Waals surface area (Å²) in [5.74, 6) is -0.459. The maximum Gasteiger partial charge on any atom is 0.264 e. The molecular weight excluding hydrogens is 501 g/mol. The van der Waals surface area contributed by atoms with E-state index in [0.29, 0.717) is 27.6 Å². The zero-order valence-corrected chi connectivity index (χ0v) is 21.6. The minimum atomic E-state index is -0.391. The highest BCUT2D eigenvalue weighted by molar-refractivity contribution is 7.20. The summed E-state index contributed by atoms with van der Waals surface area (Å²) in [6, 6.07) is 24.6. The van der Waals surface area contributed by atoms with E-state index < -0.39 is 5.91 Å². The molecule has 0 saturated carbocycles. The van der Waals surface area contributed by atoms with Crippen molar-refractivity contribution < 1.29 is 18.7 Å². The van der Waals surface area contributed by atoms with Crippen LogP contribution in [0.4, 0.5) is 14.5 Å². The lowest BCUT2D eigenvalue weighted by atomic mass is 10.0. The Hall–Kier alpha value is -4.56. The number of carbonyl (C=O) groups excluding carboxylic acids is 2. The van der Waals surface area contributed by atoms with Crippen molar-refractivity contribution in [3.05, 3.63) is 107 Å². The van der Waals surface area contributed by atoms with Crippen LogP contribution in [-0.2, 0) is 4.79 Å². The van der Waals surface area contributed by atoms with Crippen LogP contribution in [0.2, 0.25) is 0 Å². The van der Waals surface area contributed by atoms with Crippen LogP contribution >= 0.6 is 11.3 Å². The van der Waals surface area contributed by atoms with Crippen molar-refractivity contribution in [2.75, 3.05) is 17.2 Å². The molecule has 0 fully saturated rings. The number of hydrogen-bond donors (Lipinski definition) is 2. The first-order valence-electron chi connectivity index (χ1n) is 11.9. The van der Waals surface area contributed by atoms with Crippen LogP contribution in [0.25, 0.3) is 22.0 Å². The van der Waals surface area contributed by atoms with Crippen molar-refractivity contribution in [2.45, 2.75) is 13.8 Å². The molecule has 2 N–H and O–H groups in total. The summed E-state index contributed by atoms with van der Waals surface area (Å²) in [7, 11) is 0. The van der Waals surface area contributed by atoms with Gasteiger partial charge in [0.05, 0.1) is 0 Å². The van der Waals surface area contributed by atoms with E-state index in [1.807, 2.05) is 68.4 Å². The summed E-state index contributed by atoms with van der Waals surface area (Å²) in [4.78, 5) is 30.5. The number of aromatic nitrogens is 1. The Balaban J connectivity index is 1.39. The molecule has 5 aromatic rings. The highest BCUT2D eigenvalue weighted by Gasteiger charge is 2.19. The van der Waals surface area contributed by atoms with Crippen LogP contribution in [-0.4, -0.2) is 23.4 Å². The van der Waals surface area contributed by atoms with Gasteiger partial charge in [0.25, 0.3) is 11.8 Å². The van der Waals surface area contributed by atoms with Crippen LogP contribution in [0, 0.1) is 19.7 Å². The molecule has 5 rings (SSSR count). The number of fused-ring (bicyclic) bond motifs is 1. The minimum absolute atomic E-state index is 0.201. The third-order valence-corrected chi connectivity index (χ3v) is 7.05. The maximum atomic E-state index is 13.6. The zero-order valence-electron chi connectivity index (χ0n) is 20.7. The second kappa shape index (κ2) is 10.8. The molecular formula is C30H24FN3O3S. The van der Waals surface area contributed by atoms with Gasteiger partial charge in [0, 0.05) is 11.1 Å². The molecule has 0 saturated heterocycles. The monoisotopic (exact) mass is 525 g/mol. The van der Waals surface area contributed by atoms with E-state index in [4.69, 9.17) is 4.74 Å². The van der Waals surface area contributed by atoms with Gasteiger partial charge in [-0.25, -0.2) is 9.37 Å². The van der Waals surface area contributed by atoms with E-state index in [0.717, 1.165) is 33.2 Å². The molecule has 0 aliphatic heterocycles. The topological polar surface area (TPSA) is 80.3 Å². The summed E-state index contributed by atoms with van der Waals surface area (Å²) < 4.78 is 19.3. The van der Waals surface area contributed by atoms with Crippen molar-refractivity contribution in [1.82, 2.24) is 4.98 Å². The Labute approximate surface area is 223 Å². The smallest absolute Gasteiger partial charge is 0.264 e. The summed E-state index contributed by atoms with van der Waals surface area (Å²) >= 11 is 1.12. The normalized spacial score (nSPS) is 10.8. The molecule has 0 spiro atoms. The first-order chi connectivity index (χ1) is 18.4. The SMILES string of the molecule is Cc1cccc(OCC(=O)Nc2nc(-c3ccc(F)cc3)c(NC(=O)c3cccc4ccccc34)s2)c1C. The van der Waals surface area contributed by atoms with Crippen LogP contribution in [0.3, 0.4) is 0 Å². The number of rotatable bonds is 7. The summed E-state index contributed by atoms with van der Waals surface area (Å²) in [6.45, 7) is 3.71. The summed E-state index contributed by atoms with van der Waals surface area (Å²) in [5.41, 5.74) is 3.57. The number of amides is 2. The average Bonchev–Trinajstić information content (AvgIpc) is 3.31. The van der Waals surface area contributed by atoms with Gasteiger partial charge in [-0.2, -0.15) is 0 Å². The van der Waals surface area contributed by atoms with Crippen LogP contribution in [0.5, 0.6) is 5.75 Å². The van der Waals surface area contributed by atoms with Crippen molar-refractivity contribution >= 4 is 44.1 Å². The lowest BCUT2D eigenvalue weighted by Gasteiger charge is -2.10. The molecule has 6 nitrogen and oxygen atoms in total. The van der Waals surface area contributed by atoms with E-state index >= 15 is 0 Å². The highest BCUT2D eigenvalue weighted by atomic mass is 32.1. The molecule has 190 valence electrons. The number of thiazole rings is 1. The zero-order chi connectivity index (χ0) is 26.6. The molecule has 0 aliphatic rings. The molecule has 1 aromatic heterocycles. The summed E-state index contributed by atoms with van der Waals surface area (Å²) in [6.07, 6.45) is 0. The Morgan fingerprint density at radius 2 is 1.63 bits per heavy atom. The average molecular weight is 526 g/mol. The van der Waals surface area contributed by atoms with Crippen molar-refractivity contribution in [1.29, 1.82) is 0 Å². The van der Waals surface area contributed by atoms with Crippen molar-refractivity contribution in [2.24, 2.45) is 0 Å². The second-order valence-corrected chi connectivity index (χ2v) is 9.72. The number of aryl methyl sites for hydroxylation is 1. The number of carbonyl (C=O) groups is 2. The molecule has 38 heavy (non-hydrogen) atoms. The molecule has 2 amide bonds. The number of nitrogens with one attached hydrogen (secondary N) is 2. The first-order valence-corrected chi connectivity index (χ1v) is 12.8. The van der Waals surface area contributed by atoms with Gasteiger partial charge in [-0.1, -0.05) is 59.9 Å². The van der Waals surface area contributed by atoms with E-state index in [9.17, 15) is 14.0 Å². The van der Waals surface area contributed by atoms with E-state index in [1.54, 1.807) is 18.2 Å². The standard InChI is InChI=1S/C30H24FN3O3S/c1-18-7-5-12-25(19(18)2)37-17-26(35)32-30-33-27(21-13-15-22(31)16-14-21)29(38-30)34-28(36)24-11-6-9-20-8-3-4-10-23(20)24/h3-16H,17H2,1-2H3,(H,34,36)(H,32,33,35). The van der Waals surface area contributed by atoms with Gasteiger partial charge >= 0.3 is 0 Å². The number of benzene rings is 4. The van der Waals surface area contributed by atoms with Gasteiger partial charge in [-0.15, -0.1) is 0 Å². The number of ether oxygens (including phenoxy) is 1. The van der Waals surface area contributed by atoms with Crippen LogP contribution in [0.1, 0.15) is 21.5 Å². The molecule has 8 heteroatoms. The molecule has 0 bridgehead atoms. The number of hydrogen-bond acceptors (Lipinski definition) is 5. The van der Waals surface area contributed by atoms with Crippen molar-refractivity contribution in [3.63, 3.8) is 0 Å². The molecule has 1 heterocycles. The minimum Gasteiger partial charge on any atom is -0.483 e. The second-order valence-electron chi connectivity index (χ2n) is 8.72. The lowest BCUT2D eigenvalue weighted by molar-refractivity contribution is -0.118. The number of anilines is 2. The molecule has 0 unspecified atom stereocenters. The third kappa shape index (κ3) is 5.40. The van der Waals surface area contributed by atoms with Gasteiger partial charge in [0.2, 0.25) is 0 Å². The third-order valence-electron chi connectivity index (χ3n) is 6.17. The molecule has 0 atom stereocenters. The van der Waals surface area contributed by atoms with Gasteiger partial charge < -0.3 is 10.1 Å². The summed E-state index contributed by atoms with van der Waals surface area (Å²) in [5, 5.41) is 8.16. The molecule has 0 aliphatic carbocycles. The fraction of sp³-hybridized carbons (Fsp3) is 0.100. The van der Waals surface area contributed by atoms with E-state index in [2.05, 4.69) is 15.6 Å². The predicted octanol–water partition coefficient (Wildman–Crippen LogP) is 6.99. The fourth-order valence-electron chi connectivity index (χ4n) is 4.03. The lowest BCUT2D eigenvalue weighted by Crippen LogP contribution is -2.20. The predicted molar refractivity (Wildman–Crippen MR) is 149 cm³/mol. The van der Waals surface area contributed by atoms with E-state index in [1.165, 1.54) is 12.1 Å². The fourth-order valence-corrected chi connectivity index (χ4v) is 4.93. The molecule has 4 aromatic carbocycles. The largest absolute Gasteiger partial charge is 0.483 e. The van der Waals surface area contributed by atoms with Gasteiger partial charge in [0.1, 0.15) is 22.3 Å². The maximum absolute atomic E-state index is 13.6. The Morgan fingerprint density at radius 1 is 0.895 bits per heavy atom. The van der Waals surface area contributed by atoms with Gasteiger partial charge in [-0.05, 0) is 72.1 Å². The van der Waals surface area contributed by atoms with E-state index in [-0.39, 0.29) is 23.5 Å². The molecule has 0 radical (unpaired) electrons. The van der Waals surface area contributed by atoms with Gasteiger partial charge in [0.15, 0.2) is 11.7 Å². The quantitative estimate of drug-likeness (QED) is 0.240. The first kappa shape index (κ1) is 25.1. The Bertz CT molecular complexity index is 1640. The van der Waals surface area contributed by atoms with Crippen molar-refractivity contribution in [3.8, 4) is 17.0 Å². The Kier molecular flexibility index (Phi) is 7.15. The van der Waals surface area contributed by atoms with Crippen LogP contribution < -0.4 is 15.4 Å². The Morgan fingerprint density at radius 3 is 2.45 bits per heavy atom. The number of nitrogens with zero attached hydrogens (tertiary/aromatic N) is 1. The highest BCUT2D eigenvalue weighted by Crippen LogP contribution is 2.36.